The van der Waals surface area contributed by atoms with Gasteiger partial charge in [-0.3, -0.25) is 0 Å². The molecule has 27 rings (SSSR count). The number of benzene rings is 27. The molecule has 0 N–H and O–H groups in total. The van der Waals surface area contributed by atoms with Crippen LogP contribution in [0.1, 0.15) is 57.6 Å². The average Bonchev–Trinajstić information content (AvgIpc) is 0.677. The summed E-state index contributed by atoms with van der Waals surface area (Å²) in [5, 5.41) is 6.21. The Hall–Kier alpha value is -17.2. The molecule has 0 unspecified atom stereocenters. The molecule has 0 amide bonds. The fraction of sp³-hybridized carbons (Fsp3) is 0. The maximum atomic E-state index is 10.2. The summed E-state index contributed by atoms with van der Waals surface area (Å²) in [6.07, 6.45) is 0. The minimum atomic E-state index is -1.12. The van der Waals surface area contributed by atoms with E-state index in [0.29, 0.717) is 88.3 Å². The monoisotopic (exact) mass is 1710 g/mol. The molecule has 0 bridgehead atoms. The molecule has 0 aliphatic carbocycles. The molecule has 0 saturated carbocycles. The van der Waals surface area contributed by atoms with Crippen molar-refractivity contribution in [3.8, 4) is 100 Å². The summed E-state index contributed by atoms with van der Waals surface area (Å²) in [4.78, 5) is 0. The summed E-state index contributed by atoms with van der Waals surface area (Å²) in [5.41, 5.74) is 1.29. The Labute approximate surface area is 824 Å². The summed E-state index contributed by atoms with van der Waals surface area (Å²) in [6.45, 7) is 0. The lowest BCUT2D eigenvalue weighted by molar-refractivity contribution is 1.66. The molecule has 0 heteroatoms. The van der Waals surface area contributed by atoms with Crippen molar-refractivity contribution in [2.75, 3.05) is 0 Å². The Balaban J connectivity index is 0.000000133. The molecule has 0 aromatic heterocycles. The van der Waals surface area contributed by atoms with E-state index in [1.54, 1.807) is 0 Å². The Morgan fingerprint density at radius 2 is 0.386 bits per heavy atom. The van der Waals surface area contributed by atoms with Crippen LogP contribution in [0.25, 0.3) is 262 Å². The van der Waals surface area contributed by atoms with E-state index in [1.807, 2.05) is 255 Å². The summed E-state index contributed by atoms with van der Waals surface area (Å²) in [6, 6.07) is 52.3. The zero-order valence-corrected chi connectivity index (χ0v) is 69.2. The highest BCUT2D eigenvalue weighted by Gasteiger charge is 2.25. The molecule has 0 spiro atoms. The number of rotatable bonds is 9. The van der Waals surface area contributed by atoms with Gasteiger partial charge >= 0.3 is 0 Å². The summed E-state index contributed by atoms with van der Waals surface area (Å²) in [5.74, 6) is 0. The van der Waals surface area contributed by atoms with Gasteiger partial charge in [0.1, 0.15) is 0 Å². The van der Waals surface area contributed by atoms with Crippen LogP contribution >= 0.6 is 0 Å². The van der Waals surface area contributed by atoms with Crippen LogP contribution < -0.4 is 0 Å². The fourth-order valence-corrected chi connectivity index (χ4v) is 18.4. The molecule has 0 saturated heterocycles. The zero-order valence-electron chi connectivity index (χ0n) is 111. The van der Waals surface area contributed by atoms with Gasteiger partial charge in [-0.05, 0) is 304 Å². The first kappa shape index (κ1) is 45.5. The maximum absolute atomic E-state index is 10.2. The minimum Gasteiger partial charge on any atom is -0.0616 e. The average molecular weight is 1710 g/mol. The Kier molecular flexibility index (Phi) is 11.2. The highest BCUT2D eigenvalue weighted by Crippen LogP contribution is 2.52. The van der Waals surface area contributed by atoms with Crippen molar-refractivity contribution in [3.63, 3.8) is 0 Å². The van der Waals surface area contributed by atoms with Gasteiger partial charge in [-0.15, -0.1) is 0 Å². The molecule has 0 heterocycles. The fourth-order valence-electron chi connectivity index (χ4n) is 18.4. The molecule has 27 aromatic rings. The molecule has 0 radical (unpaired) electrons. The van der Waals surface area contributed by atoms with E-state index in [-0.39, 0.29) is 106 Å². The predicted octanol–water partition coefficient (Wildman–Crippen LogP) is 37.4. The summed E-state index contributed by atoms with van der Waals surface area (Å²) >= 11 is 0. The van der Waals surface area contributed by atoms with Gasteiger partial charge in [0.2, 0.25) is 0 Å². The van der Waals surface area contributed by atoms with Gasteiger partial charge in [-0.1, -0.05) is 466 Å². The molecule has 0 atom stereocenters. The van der Waals surface area contributed by atoms with Gasteiger partial charge in [0.15, 0.2) is 0 Å². The van der Waals surface area contributed by atoms with Crippen molar-refractivity contribution in [1.82, 2.24) is 0 Å². The number of hydrogen-bond donors (Lipinski definition) is 0. The standard InChI is InChI=1S/3C44H28/c1-4-18-33-29(12-1)15-9-23-36(33)32-26-27-41-42(28-32)44(38-25-11-17-31-14-3-6-20-35(31)38)40-22-8-7-21-39(40)43(41)37-24-10-16-30-13-2-5-19-34(30)37;2*1-3-13-32-26-35(22-20-29(32)10-1)43-39-17-7-8-18-40(39)44(36-23-21-30-11-2-4-14-33(30)27-36)42-28-34(24-25-41(42)43)38-19-9-15-31-12-5-6-16-37(31)38/h3*1-28H/i7D,8D,21D,22D,26D,27D,28D;1D,2D,3D,4D,5D,6D,7D,8D,9D,10D,11D,12D,13D,14D,15D,16D,17D,18D,19D,20D,21D,22D,23D,24D,25D,26D,27D,28D;7D,8D,17D,18D,24D,25D,28D. The van der Waals surface area contributed by atoms with Crippen LogP contribution in [0.15, 0.2) is 509 Å². The number of fused-ring (bicyclic) bond motifs is 15. The van der Waals surface area contributed by atoms with Crippen LogP contribution in [-0.2, 0) is 0 Å². The van der Waals surface area contributed by atoms with Crippen molar-refractivity contribution < 1.29 is 57.6 Å². The molecule has 132 heavy (non-hydrogen) atoms. The predicted molar refractivity (Wildman–Crippen MR) is 571 cm³/mol. The third-order valence-corrected chi connectivity index (χ3v) is 24.4. The Morgan fingerprint density at radius 1 is 0.114 bits per heavy atom. The second-order valence-corrected chi connectivity index (χ2v) is 31.7. The van der Waals surface area contributed by atoms with E-state index in [2.05, 4.69) is 0 Å². The van der Waals surface area contributed by atoms with Gasteiger partial charge in [0.05, 0.1) is 57.6 Å². The van der Waals surface area contributed by atoms with Crippen molar-refractivity contribution >= 4 is 162 Å². The van der Waals surface area contributed by atoms with Crippen molar-refractivity contribution in [2.24, 2.45) is 0 Å². The first-order chi connectivity index (χ1) is 83.0. The first-order valence-electron chi connectivity index (χ1n) is 63.4. The lowest BCUT2D eigenvalue weighted by Gasteiger charge is -2.20. The van der Waals surface area contributed by atoms with Gasteiger partial charge in [-0.25, -0.2) is 0 Å². The minimum absolute atomic E-state index is 0.0288. The van der Waals surface area contributed by atoms with Crippen LogP contribution in [0.4, 0.5) is 0 Å². The molecule has 612 valence electrons. The molecule has 0 aliphatic rings. The number of hydrogen-bond acceptors (Lipinski definition) is 0. The molecule has 27 aromatic carbocycles. The van der Waals surface area contributed by atoms with E-state index in [1.165, 1.54) is 0 Å². The topological polar surface area (TPSA) is 0 Å². The second-order valence-electron chi connectivity index (χ2n) is 31.7. The van der Waals surface area contributed by atoms with E-state index >= 15 is 0 Å². The first-order valence-corrected chi connectivity index (χ1v) is 42.4. The smallest absolute Gasteiger partial charge is 0.0616 e. The van der Waals surface area contributed by atoms with Crippen molar-refractivity contribution in [3.05, 3.63) is 509 Å². The second kappa shape index (κ2) is 32.6. The van der Waals surface area contributed by atoms with Crippen molar-refractivity contribution in [1.29, 1.82) is 0 Å². The van der Waals surface area contributed by atoms with E-state index in [9.17, 15) is 28.8 Å². The molecule has 0 nitrogen and oxygen atoms in total. The van der Waals surface area contributed by atoms with Gasteiger partial charge in [0.25, 0.3) is 0 Å². The van der Waals surface area contributed by atoms with Crippen LogP contribution in [0.2, 0.25) is 0 Å². The SMILES string of the molecule is [2H]c1c([2H])c([2H])c2c(-c3ccc4ccccc4c3)c3c([2H])c(-c4cccc5ccccc45)c([2H])c([2H])c3c(-c3ccc4ccccc4c3)c2c1[2H].[2H]c1c([2H])c([2H])c2c(-c3cccc4ccccc34)c3c([2H])c(-c4cccc5ccccc45)c([2H])c([2H])c3c(-c3cccc4ccccc34)c2c1[2H].[2H]c1c([2H])c([2H])c2c([2H])c(-c3c4c([2H])c([2H])c([2H])c([2H])c4c(-c4c([2H])c([2H])c5c([2H])c([2H])c([2H])c([2H])c5c4[2H])c4c([2H])c(-c5c([2H])c([2H])c([2H])c6c([2H])c([2H])c([2H])c([2H])c56)c([2H])c([2H])c34)c([2H])c([2H])c2c1[2H]. The van der Waals surface area contributed by atoms with Gasteiger partial charge < -0.3 is 0 Å². The Morgan fingerprint density at radius 3 is 0.818 bits per heavy atom. The van der Waals surface area contributed by atoms with Crippen molar-refractivity contribution in [2.45, 2.75) is 0 Å². The summed E-state index contributed by atoms with van der Waals surface area (Å²) in [7, 11) is 0. The molecular weight excluding hydrogens is 1590 g/mol. The van der Waals surface area contributed by atoms with E-state index < -0.39 is 256 Å². The lowest BCUT2D eigenvalue weighted by Crippen LogP contribution is -1.93. The maximum Gasteiger partial charge on any atom is 0.0636 e. The van der Waals surface area contributed by atoms with Crippen LogP contribution in [0.5, 0.6) is 0 Å². The van der Waals surface area contributed by atoms with Crippen LogP contribution in [0.3, 0.4) is 0 Å². The third-order valence-electron chi connectivity index (χ3n) is 24.4. The van der Waals surface area contributed by atoms with E-state index in [0.717, 1.165) is 64.6 Å². The third kappa shape index (κ3) is 13.5. The normalized spacial score (nSPS) is 16.1. The molecular formula is C132H84. The van der Waals surface area contributed by atoms with E-state index in [4.69, 9.17) is 28.8 Å². The molecule has 0 aliphatic heterocycles. The quantitative estimate of drug-likeness (QED) is 0.126. The van der Waals surface area contributed by atoms with Crippen LogP contribution in [0, 0.1) is 0 Å². The largest absolute Gasteiger partial charge is 0.0636 e. The van der Waals surface area contributed by atoms with Gasteiger partial charge in [0, 0.05) is 0 Å². The highest BCUT2D eigenvalue weighted by molar-refractivity contribution is 6.28. The summed E-state index contributed by atoms with van der Waals surface area (Å²) < 4.78 is 384. The highest BCUT2D eigenvalue weighted by atomic mass is 14.3. The molecule has 0 fully saturated rings. The van der Waals surface area contributed by atoms with Crippen LogP contribution in [-0.4, -0.2) is 0 Å². The Bertz CT molecular complexity index is 12100. The van der Waals surface area contributed by atoms with Gasteiger partial charge in [-0.2, -0.15) is 0 Å². The zero-order chi connectivity index (χ0) is 124. The lowest BCUT2D eigenvalue weighted by atomic mass is 9.82.